The minimum atomic E-state index is -0.634. The van der Waals surface area contributed by atoms with Crippen LogP contribution in [0.5, 0.6) is 0 Å². The minimum absolute atomic E-state index is 0.0861. The fraction of sp³-hybridized carbons (Fsp3) is 0.118. The Kier molecular flexibility index (Phi) is 5.19. The summed E-state index contributed by atoms with van der Waals surface area (Å²) in [6, 6.07) is 10.4. The summed E-state index contributed by atoms with van der Waals surface area (Å²) in [5.41, 5.74) is 0.559. The third-order valence-electron chi connectivity index (χ3n) is 3.10. The second-order valence-corrected chi connectivity index (χ2v) is 4.46. The van der Waals surface area contributed by atoms with Crippen molar-refractivity contribution >= 4 is 23.8 Å². The molecule has 23 heavy (non-hydrogen) atoms. The number of halogens is 1. The molecule has 0 aliphatic heterocycles. The number of hydrogen-bond acceptors (Lipinski definition) is 5. The van der Waals surface area contributed by atoms with Gasteiger partial charge in [0.05, 0.1) is 31.0 Å². The van der Waals surface area contributed by atoms with Crippen molar-refractivity contribution in [3.8, 4) is 0 Å². The van der Waals surface area contributed by atoms with Gasteiger partial charge in [0.15, 0.2) is 0 Å². The SMILES string of the molecule is COC(=O)c1cccc(C(=O)OC)c1/C=N/c1ccccc1F. The Hall–Kier alpha value is -3.02. The Labute approximate surface area is 132 Å². The molecule has 6 heteroatoms. The average molecular weight is 315 g/mol. The van der Waals surface area contributed by atoms with Crippen LogP contribution in [0.3, 0.4) is 0 Å². The molecule has 2 aromatic carbocycles. The van der Waals surface area contributed by atoms with Gasteiger partial charge in [0.25, 0.3) is 0 Å². The van der Waals surface area contributed by atoms with Crippen molar-refractivity contribution in [3.63, 3.8) is 0 Å². The standard InChI is InChI=1S/C17H14FNO4/c1-22-16(20)11-6-5-7-12(17(21)23-2)13(11)10-19-15-9-4-3-8-14(15)18/h3-10H,1-2H3/b19-10+. The third kappa shape index (κ3) is 3.60. The van der Waals surface area contributed by atoms with Gasteiger partial charge in [-0.05, 0) is 24.3 Å². The lowest BCUT2D eigenvalue weighted by molar-refractivity contribution is 0.0599. The molecule has 0 amide bonds. The fourth-order valence-electron chi connectivity index (χ4n) is 1.97. The molecule has 0 atom stereocenters. The first-order chi connectivity index (χ1) is 11.1. The second kappa shape index (κ2) is 7.31. The molecule has 2 aromatic rings. The zero-order valence-electron chi connectivity index (χ0n) is 12.6. The Morgan fingerprint density at radius 1 is 0.957 bits per heavy atom. The van der Waals surface area contributed by atoms with Crippen LogP contribution in [-0.4, -0.2) is 32.4 Å². The summed E-state index contributed by atoms with van der Waals surface area (Å²) in [4.78, 5) is 27.7. The number of carbonyl (C=O) groups excluding carboxylic acids is 2. The summed E-state index contributed by atoms with van der Waals surface area (Å²) in [5.74, 6) is -1.78. The van der Waals surface area contributed by atoms with Gasteiger partial charge in [-0.1, -0.05) is 18.2 Å². The lowest BCUT2D eigenvalue weighted by Crippen LogP contribution is -2.12. The van der Waals surface area contributed by atoms with E-state index in [1.807, 2.05) is 0 Å². The van der Waals surface area contributed by atoms with Crippen LogP contribution < -0.4 is 0 Å². The second-order valence-electron chi connectivity index (χ2n) is 4.46. The quantitative estimate of drug-likeness (QED) is 0.642. The van der Waals surface area contributed by atoms with Crippen LogP contribution in [0.1, 0.15) is 26.3 Å². The zero-order chi connectivity index (χ0) is 16.8. The van der Waals surface area contributed by atoms with Crippen molar-refractivity contribution < 1.29 is 23.5 Å². The smallest absolute Gasteiger partial charge is 0.338 e. The van der Waals surface area contributed by atoms with Gasteiger partial charge in [-0.15, -0.1) is 0 Å². The van der Waals surface area contributed by atoms with E-state index in [9.17, 15) is 14.0 Å². The summed E-state index contributed by atoms with van der Waals surface area (Å²) >= 11 is 0. The highest BCUT2D eigenvalue weighted by Crippen LogP contribution is 2.19. The van der Waals surface area contributed by atoms with Crippen molar-refractivity contribution in [3.05, 3.63) is 65.0 Å². The van der Waals surface area contributed by atoms with Gasteiger partial charge in [0.1, 0.15) is 5.82 Å². The number of nitrogens with zero attached hydrogens (tertiary/aromatic N) is 1. The van der Waals surface area contributed by atoms with Gasteiger partial charge in [0.2, 0.25) is 0 Å². The Balaban J connectivity index is 2.56. The molecule has 0 aliphatic rings. The van der Waals surface area contributed by atoms with Crippen LogP contribution in [0.15, 0.2) is 47.5 Å². The summed E-state index contributed by atoms with van der Waals surface area (Å²) in [6.45, 7) is 0. The molecule has 0 bridgehead atoms. The van der Waals surface area contributed by atoms with E-state index in [0.717, 1.165) is 0 Å². The molecular formula is C17H14FNO4. The first kappa shape index (κ1) is 16.4. The van der Waals surface area contributed by atoms with E-state index in [0.29, 0.717) is 0 Å². The van der Waals surface area contributed by atoms with Gasteiger partial charge in [-0.25, -0.2) is 14.0 Å². The van der Waals surface area contributed by atoms with Gasteiger partial charge in [-0.3, -0.25) is 4.99 Å². The first-order valence-corrected chi connectivity index (χ1v) is 6.66. The average Bonchev–Trinajstić information content (AvgIpc) is 2.59. The predicted octanol–water partition coefficient (Wildman–Crippen LogP) is 3.15. The van der Waals surface area contributed by atoms with Crippen molar-refractivity contribution in [2.45, 2.75) is 0 Å². The van der Waals surface area contributed by atoms with Crippen molar-refractivity contribution in [2.75, 3.05) is 14.2 Å². The fourth-order valence-corrected chi connectivity index (χ4v) is 1.97. The summed E-state index contributed by atoms with van der Waals surface area (Å²) in [5, 5.41) is 0. The van der Waals surface area contributed by atoms with Crippen LogP contribution in [-0.2, 0) is 9.47 Å². The van der Waals surface area contributed by atoms with E-state index in [-0.39, 0.29) is 22.4 Å². The maximum Gasteiger partial charge on any atom is 0.338 e. The lowest BCUT2D eigenvalue weighted by Gasteiger charge is -2.08. The lowest BCUT2D eigenvalue weighted by atomic mass is 10.0. The van der Waals surface area contributed by atoms with E-state index in [2.05, 4.69) is 4.99 Å². The minimum Gasteiger partial charge on any atom is -0.465 e. The van der Waals surface area contributed by atoms with Gasteiger partial charge in [-0.2, -0.15) is 0 Å². The molecule has 0 saturated heterocycles. The van der Waals surface area contributed by atoms with Crippen LogP contribution in [0.25, 0.3) is 0 Å². The molecule has 0 saturated carbocycles. The number of methoxy groups -OCH3 is 2. The molecule has 118 valence electrons. The van der Waals surface area contributed by atoms with Gasteiger partial charge >= 0.3 is 11.9 Å². The van der Waals surface area contributed by atoms with Gasteiger partial charge < -0.3 is 9.47 Å². The third-order valence-corrected chi connectivity index (χ3v) is 3.10. The monoisotopic (exact) mass is 315 g/mol. The van der Waals surface area contributed by atoms with E-state index >= 15 is 0 Å². The molecule has 0 fully saturated rings. The summed E-state index contributed by atoms with van der Waals surface area (Å²) in [7, 11) is 2.45. The number of esters is 2. The van der Waals surface area contributed by atoms with Crippen LogP contribution in [0, 0.1) is 5.82 Å². The summed E-state index contributed by atoms with van der Waals surface area (Å²) in [6.07, 6.45) is 1.25. The normalized spacial score (nSPS) is 10.6. The number of hydrogen-bond donors (Lipinski definition) is 0. The molecule has 0 aromatic heterocycles. The first-order valence-electron chi connectivity index (χ1n) is 6.66. The molecule has 0 N–H and O–H groups in total. The molecule has 0 unspecified atom stereocenters. The number of para-hydroxylation sites is 1. The summed E-state index contributed by atoms with van der Waals surface area (Å²) < 4.78 is 23.0. The number of carbonyl (C=O) groups is 2. The zero-order valence-corrected chi connectivity index (χ0v) is 12.6. The Morgan fingerprint density at radius 2 is 1.52 bits per heavy atom. The molecule has 2 rings (SSSR count). The molecule has 0 spiro atoms. The topological polar surface area (TPSA) is 65.0 Å². The Bertz CT molecular complexity index is 737. The van der Waals surface area contributed by atoms with E-state index in [4.69, 9.17) is 9.47 Å². The highest BCUT2D eigenvalue weighted by Gasteiger charge is 2.18. The van der Waals surface area contributed by atoms with E-state index in [1.54, 1.807) is 6.07 Å². The maximum absolute atomic E-state index is 13.6. The van der Waals surface area contributed by atoms with E-state index < -0.39 is 17.8 Å². The van der Waals surface area contributed by atoms with Crippen molar-refractivity contribution in [1.29, 1.82) is 0 Å². The van der Waals surface area contributed by atoms with Crippen molar-refractivity contribution in [1.82, 2.24) is 0 Å². The van der Waals surface area contributed by atoms with E-state index in [1.165, 1.54) is 56.8 Å². The van der Waals surface area contributed by atoms with Crippen LogP contribution in [0.2, 0.25) is 0 Å². The largest absolute Gasteiger partial charge is 0.465 e. The number of ether oxygens (including phenoxy) is 2. The molecular weight excluding hydrogens is 301 g/mol. The number of aliphatic imine (C=N–C) groups is 1. The van der Waals surface area contributed by atoms with Crippen LogP contribution >= 0.6 is 0 Å². The number of benzene rings is 2. The van der Waals surface area contributed by atoms with Crippen LogP contribution in [0.4, 0.5) is 10.1 Å². The van der Waals surface area contributed by atoms with Crippen molar-refractivity contribution in [2.24, 2.45) is 4.99 Å². The highest BCUT2D eigenvalue weighted by atomic mass is 19.1. The molecule has 5 nitrogen and oxygen atoms in total. The highest BCUT2D eigenvalue weighted by molar-refractivity contribution is 6.07. The van der Waals surface area contributed by atoms with Gasteiger partial charge in [0, 0.05) is 11.8 Å². The number of rotatable bonds is 4. The molecule has 0 radical (unpaired) electrons. The Morgan fingerprint density at radius 3 is 2.04 bits per heavy atom. The predicted molar refractivity (Wildman–Crippen MR) is 82.8 cm³/mol. The molecule has 0 aliphatic carbocycles. The maximum atomic E-state index is 13.6. The molecule has 0 heterocycles.